The summed E-state index contributed by atoms with van der Waals surface area (Å²) in [7, 11) is 0. The van der Waals surface area contributed by atoms with E-state index in [1.165, 1.54) is 12.1 Å². The highest BCUT2D eigenvalue weighted by atomic mass is 19.1. The van der Waals surface area contributed by atoms with Gasteiger partial charge in [0, 0.05) is 23.9 Å². The molecule has 3 N–H and O–H groups in total. The zero-order chi connectivity index (χ0) is 14.5. The zero-order valence-corrected chi connectivity index (χ0v) is 10.7. The molecule has 2 aromatic rings. The molecule has 0 unspecified atom stereocenters. The number of carbonyl (C=O) groups excluding carboxylic acids is 1. The van der Waals surface area contributed by atoms with Gasteiger partial charge in [-0.15, -0.1) is 0 Å². The number of nitrogens with one attached hydrogen (secondary N) is 1. The van der Waals surface area contributed by atoms with E-state index in [1.807, 2.05) is 0 Å². The van der Waals surface area contributed by atoms with Crippen molar-refractivity contribution >= 4 is 11.6 Å². The number of hydrogen-bond donors (Lipinski definition) is 2. The first kappa shape index (κ1) is 14.0. The first-order valence-corrected chi connectivity index (χ1v) is 6.09. The first-order chi connectivity index (χ1) is 9.54. The molecule has 0 bridgehead atoms. The van der Waals surface area contributed by atoms with Crippen molar-refractivity contribution in [1.29, 1.82) is 0 Å². The average Bonchev–Trinajstić information content (AvgIpc) is 2.39. The molecule has 0 aliphatic rings. The number of primary amides is 1. The van der Waals surface area contributed by atoms with Gasteiger partial charge in [-0.1, -0.05) is 18.2 Å². The predicted octanol–water partition coefficient (Wildman–Crippen LogP) is 2.60. The maximum absolute atomic E-state index is 13.4. The number of nitrogens with two attached hydrogens (primary N) is 1. The summed E-state index contributed by atoms with van der Waals surface area (Å²) in [4.78, 5) is 10.8. The number of amides is 1. The van der Waals surface area contributed by atoms with Crippen LogP contribution < -0.4 is 11.1 Å². The molecule has 0 saturated heterocycles. The van der Waals surface area contributed by atoms with Gasteiger partial charge < -0.3 is 11.1 Å². The van der Waals surface area contributed by atoms with Gasteiger partial charge >= 0.3 is 0 Å². The fourth-order valence-electron chi connectivity index (χ4n) is 1.80. The summed E-state index contributed by atoms with van der Waals surface area (Å²) in [6.45, 7) is 0.251. The van der Waals surface area contributed by atoms with Crippen LogP contribution in [-0.4, -0.2) is 5.91 Å². The summed E-state index contributed by atoms with van der Waals surface area (Å²) in [5.41, 5.74) is 7.08. The van der Waals surface area contributed by atoms with Crippen molar-refractivity contribution in [3.8, 4) is 0 Å². The third kappa shape index (κ3) is 3.78. The average molecular weight is 276 g/mol. The topological polar surface area (TPSA) is 55.1 Å². The normalized spacial score (nSPS) is 10.3. The van der Waals surface area contributed by atoms with Gasteiger partial charge in [0.05, 0.1) is 6.42 Å². The lowest BCUT2D eigenvalue weighted by Crippen LogP contribution is -2.13. The summed E-state index contributed by atoms with van der Waals surface area (Å²) in [6, 6.07) is 10.6. The molecule has 5 heteroatoms. The van der Waals surface area contributed by atoms with Gasteiger partial charge in [-0.2, -0.15) is 0 Å². The Morgan fingerprint density at radius 3 is 2.40 bits per heavy atom. The van der Waals surface area contributed by atoms with Gasteiger partial charge in [-0.25, -0.2) is 8.78 Å². The molecule has 0 aliphatic carbocycles. The van der Waals surface area contributed by atoms with E-state index in [0.717, 1.165) is 17.3 Å². The van der Waals surface area contributed by atoms with E-state index in [4.69, 9.17) is 5.73 Å². The zero-order valence-electron chi connectivity index (χ0n) is 10.7. The van der Waals surface area contributed by atoms with Crippen LogP contribution in [0, 0.1) is 11.6 Å². The SMILES string of the molecule is NC(=O)Cc1ccc(NCc2ccc(F)cc2F)cc1. The quantitative estimate of drug-likeness (QED) is 0.882. The van der Waals surface area contributed by atoms with Gasteiger partial charge in [0.15, 0.2) is 0 Å². The Kier molecular flexibility index (Phi) is 4.30. The smallest absolute Gasteiger partial charge is 0.221 e. The van der Waals surface area contributed by atoms with E-state index in [9.17, 15) is 13.6 Å². The molecule has 1 amide bonds. The lowest BCUT2D eigenvalue weighted by atomic mass is 10.1. The van der Waals surface area contributed by atoms with Gasteiger partial charge in [-0.05, 0) is 23.8 Å². The van der Waals surface area contributed by atoms with Crippen LogP contribution in [0.4, 0.5) is 14.5 Å². The van der Waals surface area contributed by atoms with Gasteiger partial charge in [0.1, 0.15) is 11.6 Å². The number of hydrogen-bond acceptors (Lipinski definition) is 2. The lowest BCUT2D eigenvalue weighted by molar-refractivity contribution is -0.117. The Morgan fingerprint density at radius 2 is 1.80 bits per heavy atom. The summed E-state index contributed by atoms with van der Waals surface area (Å²) >= 11 is 0. The van der Waals surface area contributed by atoms with Crippen LogP contribution in [0.3, 0.4) is 0 Å². The number of benzene rings is 2. The number of anilines is 1. The fraction of sp³-hybridized carbons (Fsp3) is 0.133. The minimum absolute atomic E-state index is 0.187. The van der Waals surface area contributed by atoms with E-state index in [-0.39, 0.29) is 18.9 Å². The van der Waals surface area contributed by atoms with Crippen molar-refractivity contribution in [1.82, 2.24) is 0 Å². The fourth-order valence-corrected chi connectivity index (χ4v) is 1.80. The maximum atomic E-state index is 13.4. The third-order valence-corrected chi connectivity index (χ3v) is 2.83. The van der Waals surface area contributed by atoms with E-state index in [0.29, 0.717) is 5.56 Å². The molecule has 0 radical (unpaired) electrons. The summed E-state index contributed by atoms with van der Waals surface area (Å²) < 4.78 is 26.2. The van der Waals surface area contributed by atoms with Gasteiger partial charge in [0.2, 0.25) is 5.91 Å². The van der Waals surface area contributed by atoms with Crippen LogP contribution in [-0.2, 0) is 17.8 Å². The molecule has 0 atom stereocenters. The minimum atomic E-state index is -0.595. The maximum Gasteiger partial charge on any atom is 0.221 e. The molecule has 0 saturated carbocycles. The van der Waals surface area contributed by atoms with Crippen molar-refractivity contribution in [2.24, 2.45) is 5.73 Å². The second kappa shape index (κ2) is 6.14. The number of rotatable bonds is 5. The van der Waals surface area contributed by atoms with Crippen LogP contribution in [0.2, 0.25) is 0 Å². The van der Waals surface area contributed by atoms with Gasteiger partial charge in [0.25, 0.3) is 0 Å². The Balaban J connectivity index is 1.98. The molecule has 0 fully saturated rings. The van der Waals surface area contributed by atoms with Crippen molar-refractivity contribution < 1.29 is 13.6 Å². The Morgan fingerprint density at radius 1 is 1.10 bits per heavy atom. The van der Waals surface area contributed by atoms with Crippen molar-refractivity contribution in [3.63, 3.8) is 0 Å². The van der Waals surface area contributed by atoms with Crippen LogP contribution in [0.5, 0.6) is 0 Å². The Labute approximate surface area is 115 Å². The molecule has 2 rings (SSSR count). The standard InChI is InChI=1S/C15H14F2N2O/c16-12-4-3-11(14(17)8-12)9-19-13-5-1-10(2-6-13)7-15(18)20/h1-6,8,19H,7,9H2,(H2,18,20). The molecule has 0 aliphatic heterocycles. The van der Waals surface area contributed by atoms with E-state index < -0.39 is 11.6 Å². The largest absolute Gasteiger partial charge is 0.381 e. The van der Waals surface area contributed by atoms with Gasteiger partial charge in [-0.3, -0.25) is 4.79 Å². The molecule has 104 valence electrons. The molecular weight excluding hydrogens is 262 g/mol. The highest BCUT2D eigenvalue weighted by molar-refractivity contribution is 5.76. The monoisotopic (exact) mass is 276 g/mol. The minimum Gasteiger partial charge on any atom is -0.381 e. The van der Waals surface area contributed by atoms with E-state index >= 15 is 0 Å². The van der Waals surface area contributed by atoms with Crippen LogP contribution in [0.1, 0.15) is 11.1 Å². The first-order valence-electron chi connectivity index (χ1n) is 6.09. The summed E-state index contributed by atoms with van der Waals surface area (Å²) in [5.74, 6) is -1.57. The van der Waals surface area contributed by atoms with Crippen LogP contribution in [0.25, 0.3) is 0 Å². The second-order valence-corrected chi connectivity index (χ2v) is 4.43. The highest BCUT2D eigenvalue weighted by Crippen LogP contribution is 2.14. The molecule has 0 heterocycles. The summed E-state index contributed by atoms with van der Waals surface area (Å²) in [5, 5.41) is 3.02. The third-order valence-electron chi connectivity index (χ3n) is 2.83. The molecule has 0 spiro atoms. The second-order valence-electron chi connectivity index (χ2n) is 4.43. The Bertz CT molecular complexity index is 612. The molecule has 2 aromatic carbocycles. The van der Waals surface area contributed by atoms with Crippen molar-refractivity contribution in [2.75, 3.05) is 5.32 Å². The van der Waals surface area contributed by atoms with Crippen molar-refractivity contribution in [2.45, 2.75) is 13.0 Å². The van der Waals surface area contributed by atoms with E-state index in [2.05, 4.69) is 5.32 Å². The lowest BCUT2D eigenvalue weighted by Gasteiger charge is -2.08. The molecule has 0 aromatic heterocycles. The van der Waals surface area contributed by atoms with Crippen molar-refractivity contribution in [3.05, 3.63) is 65.2 Å². The van der Waals surface area contributed by atoms with E-state index in [1.54, 1.807) is 24.3 Å². The highest BCUT2D eigenvalue weighted by Gasteiger charge is 2.04. The summed E-state index contributed by atoms with van der Waals surface area (Å²) in [6.07, 6.45) is 0.187. The molecule has 20 heavy (non-hydrogen) atoms. The van der Waals surface area contributed by atoms with Crippen LogP contribution in [0.15, 0.2) is 42.5 Å². The van der Waals surface area contributed by atoms with Crippen LogP contribution >= 0.6 is 0 Å². The number of halogens is 2. The predicted molar refractivity (Wildman–Crippen MR) is 73.0 cm³/mol. The molecule has 3 nitrogen and oxygen atoms in total. The molecular formula is C15H14F2N2O. The Hall–Kier alpha value is -2.43. The number of carbonyl (C=O) groups is 1.